The molecule has 5 rings (SSSR count). The Labute approximate surface area is 257 Å². The van der Waals surface area contributed by atoms with Crippen LogP contribution in [0.1, 0.15) is 28.8 Å². The van der Waals surface area contributed by atoms with Crippen molar-refractivity contribution in [2.75, 3.05) is 0 Å². The van der Waals surface area contributed by atoms with Crippen LogP contribution in [0.2, 0.25) is 0 Å². The first-order valence-corrected chi connectivity index (χ1v) is 14.0. The van der Waals surface area contributed by atoms with Gasteiger partial charge in [-0.1, -0.05) is 84.9 Å². The number of nitrogens with one attached hydrogen (secondary N) is 2. The average molecular weight is 609 g/mol. The standard InChI is InChI=1S/C34H29FN4O6/c35-27-16-15-24(17-28-25-13-7-8-14-26(25)32(42)39-38-28)18-29(27)36-33(44-20-22-9-3-1-4-10-22)30(19-31(40)41)37-34(43)45-21-23-11-5-2-6-12-23/h1-16,18,30H,17,19-21H2,(H,37,43)(H,39,42)(H,40,41)/t30-/m0/s1. The van der Waals surface area contributed by atoms with E-state index in [1.807, 2.05) is 12.1 Å². The van der Waals surface area contributed by atoms with Crippen molar-refractivity contribution in [2.45, 2.75) is 32.1 Å². The minimum absolute atomic E-state index is 0.0227. The van der Waals surface area contributed by atoms with Crippen molar-refractivity contribution in [3.63, 3.8) is 0 Å². The predicted octanol–water partition coefficient (Wildman–Crippen LogP) is 5.67. The van der Waals surface area contributed by atoms with Gasteiger partial charge in [0.15, 0.2) is 0 Å². The second-order valence-electron chi connectivity index (χ2n) is 10.1. The maximum Gasteiger partial charge on any atom is 0.408 e. The highest BCUT2D eigenvalue weighted by molar-refractivity contribution is 5.91. The average Bonchev–Trinajstić information content (AvgIpc) is 3.05. The summed E-state index contributed by atoms with van der Waals surface area (Å²) in [5.74, 6) is -2.16. The monoisotopic (exact) mass is 608 g/mol. The highest BCUT2D eigenvalue weighted by Crippen LogP contribution is 2.24. The number of benzene rings is 4. The smallest absolute Gasteiger partial charge is 0.408 e. The lowest BCUT2D eigenvalue weighted by molar-refractivity contribution is -0.137. The molecule has 0 radical (unpaired) electrons. The molecule has 228 valence electrons. The number of amides is 1. The van der Waals surface area contributed by atoms with Gasteiger partial charge in [0.25, 0.3) is 5.56 Å². The van der Waals surface area contributed by atoms with Crippen molar-refractivity contribution in [1.82, 2.24) is 15.5 Å². The molecule has 5 aromatic rings. The van der Waals surface area contributed by atoms with Gasteiger partial charge in [-0.2, -0.15) is 5.10 Å². The van der Waals surface area contributed by atoms with Crippen LogP contribution in [0.15, 0.2) is 113 Å². The second kappa shape index (κ2) is 14.6. The molecule has 0 fully saturated rings. The van der Waals surface area contributed by atoms with Crippen LogP contribution in [0.5, 0.6) is 0 Å². The summed E-state index contributed by atoms with van der Waals surface area (Å²) < 4.78 is 26.4. The summed E-state index contributed by atoms with van der Waals surface area (Å²) in [4.78, 5) is 41.2. The number of aliphatic imine (C=N–C) groups is 1. The number of fused-ring (bicyclic) bond motifs is 1. The Balaban J connectivity index is 1.45. The summed E-state index contributed by atoms with van der Waals surface area (Å²) in [5.41, 5.74) is 2.21. The van der Waals surface area contributed by atoms with Gasteiger partial charge >= 0.3 is 12.1 Å². The van der Waals surface area contributed by atoms with Crippen LogP contribution in [0.25, 0.3) is 10.8 Å². The zero-order valence-corrected chi connectivity index (χ0v) is 24.0. The van der Waals surface area contributed by atoms with Gasteiger partial charge in [0, 0.05) is 11.8 Å². The number of rotatable bonds is 11. The Kier molecular flexibility index (Phi) is 9.90. The number of aliphatic carboxylic acids is 1. The molecule has 1 atom stereocenters. The number of alkyl carbamates (subject to hydrolysis) is 1. The van der Waals surface area contributed by atoms with E-state index in [0.717, 1.165) is 11.1 Å². The summed E-state index contributed by atoms with van der Waals surface area (Å²) in [5, 5.41) is 20.0. The molecule has 0 aliphatic rings. The maximum absolute atomic E-state index is 15.2. The number of hydrogen-bond donors (Lipinski definition) is 3. The largest absolute Gasteiger partial charge is 0.481 e. The number of nitrogens with zero attached hydrogens (tertiary/aromatic N) is 2. The van der Waals surface area contributed by atoms with Crippen LogP contribution in [0.4, 0.5) is 14.9 Å². The summed E-state index contributed by atoms with van der Waals surface area (Å²) in [6, 6.07) is 28.0. The van der Waals surface area contributed by atoms with Gasteiger partial charge in [-0.05, 0) is 34.9 Å². The first kappa shape index (κ1) is 30.6. The number of carbonyl (C=O) groups excluding carboxylic acids is 1. The van der Waals surface area contributed by atoms with Crippen molar-refractivity contribution in [2.24, 2.45) is 4.99 Å². The fourth-order valence-corrected chi connectivity index (χ4v) is 4.60. The Bertz CT molecular complexity index is 1880. The van der Waals surface area contributed by atoms with Crippen molar-refractivity contribution in [3.8, 4) is 0 Å². The topological polar surface area (TPSA) is 143 Å². The van der Waals surface area contributed by atoms with E-state index in [9.17, 15) is 19.5 Å². The SMILES string of the molecule is O=C(O)C[C@H](NC(=O)OCc1ccccc1)C(=Nc1cc(Cc2n[nH]c(=O)c3ccccc23)ccc1F)OCc1ccccc1. The highest BCUT2D eigenvalue weighted by Gasteiger charge is 2.25. The van der Waals surface area contributed by atoms with E-state index in [2.05, 4.69) is 20.5 Å². The number of ether oxygens (including phenoxy) is 2. The number of aromatic nitrogens is 2. The maximum atomic E-state index is 15.2. The molecule has 10 nitrogen and oxygen atoms in total. The molecular weight excluding hydrogens is 579 g/mol. The van der Waals surface area contributed by atoms with Crippen molar-refractivity contribution in [1.29, 1.82) is 0 Å². The number of carboxylic acids is 1. The molecule has 0 unspecified atom stereocenters. The van der Waals surface area contributed by atoms with Gasteiger partial charge in [-0.25, -0.2) is 19.3 Å². The van der Waals surface area contributed by atoms with Crippen molar-refractivity contribution >= 4 is 34.4 Å². The van der Waals surface area contributed by atoms with Crippen LogP contribution in [0, 0.1) is 5.82 Å². The van der Waals surface area contributed by atoms with Gasteiger partial charge in [-0.3, -0.25) is 9.59 Å². The molecule has 0 saturated carbocycles. The third-order valence-electron chi connectivity index (χ3n) is 6.80. The molecule has 0 bridgehead atoms. The molecule has 45 heavy (non-hydrogen) atoms. The van der Waals surface area contributed by atoms with Gasteiger partial charge in [-0.15, -0.1) is 0 Å². The molecule has 0 saturated heterocycles. The Morgan fingerprint density at radius 1 is 0.844 bits per heavy atom. The van der Waals surface area contributed by atoms with Gasteiger partial charge in [0.1, 0.15) is 30.8 Å². The fourth-order valence-electron chi connectivity index (χ4n) is 4.60. The van der Waals surface area contributed by atoms with E-state index in [1.54, 1.807) is 78.9 Å². The molecule has 4 aromatic carbocycles. The first-order chi connectivity index (χ1) is 21.9. The van der Waals surface area contributed by atoms with Crippen LogP contribution in [-0.2, 0) is 33.9 Å². The third-order valence-corrected chi connectivity index (χ3v) is 6.80. The van der Waals surface area contributed by atoms with E-state index in [0.29, 0.717) is 22.0 Å². The molecule has 11 heteroatoms. The fraction of sp³-hybridized carbons (Fsp3) is 0.147. The normalized spacial score (nSPS) is 12.0. The van der Waals surface area contributed by atoms with Crippen molar-refractivity contribution < 1.29 is 28.6 Å². The summed E-state index contributed by atoms with van der Waals surface area (Å²) in [6.07, 6.45) is -1.27. The molecule has 0 aliphatic heterocycles. The van der Waals surface area contributed by atoms with Crippen LogP contribution in [-0.4, -0.2) is 39.3 Å². The van der Waals surface area contributed by atoms with Crippen LogP contribution in [0.3, 0.4) is 0 Å². The second-order valence-corrected chi connectivity index (χ2v) is 10.1. The lowest BCUT2D eigenvalue weighted by Crippen LogP contribution is -2.43. The number of halogens is 1. The highest BCUT2D eigenvalue weighted by atomic mass is 19.1. The lowest BCUT2D eigenvalue weighted by atomic mass is 10.0. The number of hydrogen-bond acceptors (Lipinski definition) is 7. The molecule has 0 aliphatic carbocycles. The number of H-pyrrole nitrogens is 1. The molecule has 1 aromatic heterocycles. The van der Waals surface area contributed by atoms with Gasteiger partial charge < -0.3 is 19.9 Å². The Morgan fingerprint density at radius 3 is 2.13 bits per heavy atom. The van der Waals surface area contributed by atoms with Crippen LogP contribution < -0.4 is 10.9 Å². The zero-order valence-electron chi connectivity index (χ0n) is 24.0. The number of carbonyl (C=O) groups is 2. The molecule has 1 amide bonds. The van der Waals surface area contributed by atoms with E-state index in [4.69, 9.17) is 9.47 Å². The van der Waals surface area contributed by atoms with Gasteiger partial charge in [0.2, 0.25) is 5.90 Å². The van der Waals surface area contributed by atoms with E-state index in [-0.39, 0.29) is 36.8 Å². The first-order valence-electron chi connectivity index (χ1n) is 14.0. The molecule has 0 spiro atoms. The van der Waals surface area contributed by atoms with E-state index >= 15 is 4.39 Å². The summed E-state index contributed by atoms with van der Waals surface area (Å²) in [6.45, 7) is -0.0703. The Morgan fingerprint density at radius 2 is 1.47 bits per heavy atom. The summed E-state index contributed by atoms with van der Waals surface area (Å²) in [7, 11) is 0. The Hall–Kier alpha value is -5.84. The van der Waals surface area contributed by atoms with E-state index < -0.39 is 30.3 Å². The van der Waals surface area contributed by atoms with E-state index in [1.165, 1.54) is 12.1 Å². The molecule has 1 heterocycles. The van der Waals surface area contributed by atoms with Crippen molar-refractivity contribution in [3.05, 3.63) is 142 Å². The third kappa shape index (κ3) is 8.38. The minimum atomic E-state index is -1.29. The number of aromatic amines is 1. The summed E-state index contributed by atoms with van der Waals surface area (Å²) >= 11 is 0. The quantitative estimate of drug-likeness (QED) is 0.130. The van der Waals surface area contributed by atoms with Crippen LogP contribution >= 0.6 is 0 Å². The van der Waals surface area contributed by atoms with Gasteiger partial charge in [0.05, 0.1) is 17.5 Å². The molecular formula is C34H29FN4O6. The zero-order chi connectivity index (χ0) is 31.6. The number of carboxylic acid groups (broad SMARTS) is 1. The lowest BCUT2D eigenvalue weighted by Gasteiger charge is -2.20. The molecule has 3 N–H and O–H groups in total. The predicted molar refractivity (Wildman–Crippen MR) is 166 cm³/mol. The minimum Gasteiger partial charge on any atom is -0.481 e.